The largest absolute Gasteiger partial charge is 0.460 e. The maximum atomic E-state index is 10.6. The molecular weight excluding hydrogens is 168 g/mol. The molecule has 0 saturated heterocycles. The van der Waals surface area contributed by atoms with Crippen LogP contribution in [0.2, 0.25) is 0 Å². The molecule has 0 fully saturated rings. The SMILES string of the molecule is C=CC(=O)OC(C)CCC.[Ca]. The maximum absolute atomic E-state index is 10.6. The first-order valence-electron chi connectivity index (χ1n) is 3.53. The number of carbonyl (C=O) groups is 1. The van der Waals surface area contributed by atoms with Gasteiger partial charge in [-0.1, -0.05) is 19.9 Å². The zero-order valence-electron chi connectivity index (χ0n) is 7.30. The molecule has 0 N–H and O–H groups in total. The zero-order valence-corrected chi connectivity index (χ0v) is 9.51. The van der Waals surface area contributed by atoms with E-state index in [0.717, 1.165) is 12.8 Å². The van der Waals surface area contributed by atoms with Crippen molar-refractivity contribution < 1.29 is 9.53 Å². The Morgan fingerprint density at radius 2 is 2.27 bits per heavy atom. The van der Waals surface area contributed by atoms with Crippen molar-refractivity contribution in [3.05, 3.63) is 12.7 Å². The fraction of sp³-hybridized carbons (Fsp3) is 0.625. The van der Waals surface area contributed by atoms with Gasteiger partial charge in [0.15, 0.2) is 0 Å². The first-order valence-corrected chi connectivity index (χ1v) is 3.53. The van der Waals surface area contributed by atoms with Crippen molar-refractivity contribution in [2.45, 2.75) is 32.8 Å². The van der Waals surface area contributed by atoms with E-state index in [9.17, 15) is 4.79 Å². The van der Waals surface area contributed by atoms with Gasteiger partial charge in [-0.2, -0.15) is 0 Å². The van der Waals surface area contributed by atoms with Gasteiger partial charge in [0, 0.05) is 43.8 Å². The fourth-order valence-corrected chi connectivity index (χ4v) is 0.712. The van der Waals surface area contributed by atoms with Crippen LogP contribution in [0, 0.1) is 0 Å². The third kappa shape index (κ3) is 8.38. The summed E-state index contributed by atoms with van der Waals surface area (Å²) in [4.78, 5) is 10.6. The third-order valence-corrected chi connectivity index (χ3v) is 1.18. The normalized spacial score (nSPS) is 11.1. The second kappa shape index (κ2) is 8.57. The van der Waals surface area contributed by atoms with Gasteiger partial charge in [0.05, 0.1) is 6.10 Å². The third-order valence-electron chi connectivity index (χ3n) is 1.18. The Morgan fingerprint density at radius 1 is 1.73 bits per heavy atom. The minimum absolute atomic E-state index is 0. The molecule has 0 rings (SSSR count). The molecule has 1 unspecified atom stereocenters. The molecule has 0 aromatic heterocycles. The molecule has 60 valence electrons. The summed E-state index contributed by atoms with van der Waals surface area (Å²) in [5.41, 5.74) is 0. The average Bonchev–Trinajstić information content (AvgIpc) is 1.88. The molecule has 0 spiro atoms. The predicted octanol–water partition coefficient (Wildman–Crippen LogP) is 1.52. The predicted molar refractivity (Wildman–Crippen MR) is 46.4 cm³/mol. The summed E-state index contributed by atoms with van der Waals surface area (Å²) < 4.78 is 4.88. The molecule has 0 heterocycles. The van der Waals surface area contributed by atoms with Crippen LogP contribution in [-0.4, -0.2) is 49.8 Å². The number of hydrogen-bond acceptors (Lipinski definition) is 2. The number of carbonyl (C=O) groups excluding carboxylic acids is 1. The van der Waals surface area contributed by atoms with Crippen LogP contribution in [0.1, 0.15) is 26.7 Å². The van der Waals surface area contributed by atoms with Crippen molar-refractivity contribution in [3.8, 4) is 0 Å². The topological polar surface area (TPSA) is 26.3 Å². The fourth-order valence-electron chi connectivity index (χ4n) is 0.712. The van der Waals surface area contributed by atoms with Crippen LogP contribution in [-0.2, 0) is 9.53 Å². The Labute approximate surface area is 98.0 Å². The van der Waals surface area contributed by atoms with E-state index in [0.29, 0.717) is 0 Å². The van der Waals surface area contributed by atoms with Crippen LogP contribution in [0.5, 0.6) is 0 Å². The van der Waals surface area contributed by atoms with Gasteiger partial charge in [-0.3, -0.25) is 0 Å². The van der Waals surface area contributed by atoms with Gasteiger partial charge in [-0.25, -0.2) is 4.79 Å². The van der Waals surface area contributed by atoms with Gasteiger partial charge in [0.1, 0.15) is 0 Å². The quantitative estimate of drug-likeness (QED) is 0.374. The molecule has 11 heavy (non-hydrogen) atoms. The van der Waals surface area contributed by atoms with Gasteiger partial charge in [0.25, 0.3) is 0 Å². The molecular formula is C8H14CaO2. The molecule has 3 heteroatoms. The molecule has 0 aromatic rings. The minimum Gasteiger partial charge on any atom is -0.460 e. The van der Waals surface area contributed by atoms with Crippen molar-refractivity contribution in [1.29, 1.82) is 0 Å². The van der Waals surface area contributed by atoms with Gasteiger partial charge in [-0.05, 0) is 13.3 Å². The van der Waals surface area contributed by atoms with Crippen molar-refractivity contribution in [2.24, 2.45) is 0 Å². The number of rotatable bonds is 4. The van der Waals surface area contributed by atoms with Crippen LogP contribution in [0.3, 0.4) is 0 Å². The van der Waals surface area contributed by atoms with E-state index in [1.54, 1.807) is 0 Å². The van der Waals surface area contributed by atoms with Gasteiger partial charge < -0.3 is 4.74 Å². The Hall–Kier alpha value is 0.470. The summed E-state index contributed by atoms with van der Waals surface area (Å²) in [5, 5.41) is 0. The molecule has 0 aliphatic carbocycles. The first kappa shape index (κ1) is 14.0. The second-order valence-electron chi connectivity index (χ2n) is 2.24. The van der Waals surface area contributed by atoms with Crippen molar-refractivity contribution in [3.63, 3.8) is 0 Å². The summed E-state index contributed by atoms with van der Waals surface area (Å²) in [5.74, 6) is -0.332. The van der Waals surface area contributed by atoms with E-state index < -0.39 is 0 Å². The second-order valence-corrected chi connectivity index (χ2v) is 2.24. The van der Waals surface area contributed by atoms with Crippen LogP contribution in [0.15, 0.2) is 12.7 Å². The zero-order chi connectivity index (χ0) is 7.98. The van der Waals surface area contributed by atoms with E-state index >= 15 is 0 Å². The molecule has 0 aliphatic heterocycles. The van der Waals surface area contributed by atoms with Crippen LogP contribution < -0.4 is 0 Å². The summed E-state index contributed by atoms with van der Waals surface area (Å²) >= 11 is 0. The van der Waals surface area contributed by atoms with Gasteiger partial charge >= 0.3 is 5.97 Å². The summed E-state index contributed by atoms with van der Waals surface area (Å²) in [6.45, 7) is 7.23. The maximum Gasteiger partial charge on any atom is 0.330 e. The van der Waals surface area contributed by atoms with Crippen LogP contribution >= 0.6 is 0 Å². The van der Waals surface area contributed by atoms with E-state index in [-0.39, 0.29) is 49.8 Å². The molecule has 0 amide bonds. The monoisotopic (exact) mass is 182 g/mol. The van der Waals surface area contributed by atoms with Gasteiger partial charge in [0.2, 0.25) is 0 Å². The standard InChI is InChI=1S/C8H14O2.Ca/c1-4-6-7(3)10-8(9)5-2;/h5,7H,2,4,6H2,1,3H3;. The minimum atomic E-state index is -0.332. The van der Waals surface area contributed by atoms with Crippen molar-refractivity contribution in [2.75, 3.05) is 0 Å². The van der Waals surface area contributed by atoms with Crippen molar-refractivity contribution >= 4 is 43.7 Å². The van der Waals surface area contributed by atoms with E-state index in [4.69, 9.17) is 4.74 Å². The van der Waals surface area contributed by atoms with E-state index in [2.05, 4.69) is 13.5 Å². The molecule has 0 bridgehead atoms. The van der Waals surface area contributed by atoms with Gasteiger partial charge in [-0.15, -0.1) is 0 Å². The molecule has 0 aromatic carbocycles. The van der Waals surface area contributed by atoms with Crippen LogP contribution in [0.4, 0.5) is 0 Å². The molecule has 0 saturated carbocycles. The average molecular weight is 182 g/mol. The summed E-state index contributed by atoms with van der Waals surface area (Å²) in [6.07, 6.45) is 3.16. The Kier molecular flexibility index (Phi) is 10.9. The summed E-state index contributed by atoms with van der Waals surface area (Å²) in [6, 6.07) is 0. The molecule has 1 atom stereocenters. The molecule has 2 radical (unpaired) electrons. The number of ether oxygens (including phenoxy) is 1. The Balaban J connectivity index is 0. The Morgan fingerprint density at radius 3 is 2.64 bits per heavy atom. The van der Waals surface area contributed by atoms with E-state index in [1.807, 2.05) is 6.92 Å². The first-order chi connectivity index (χ1) is 4.70. The summed E-state index contributed by atoms with van der Waals surface area (Å²) in [7, 11) is 0. The van der Waals surface area contributed by atoms with E-state index in [1.165, 1.54) is 6.08 Å². The molecule has 0 aliphatic rings. The van der Waals surface area contributed by atoms with Crippen LogP contribution in [0.25, 0.3) is 0 Å². The Bertz CT molecular complexity index is 123. The number of hydrogen-bond donors (Lipinski definition) is 0. The number of esters is 1. The molecule has 2 nitrogen and oxygen atoms in total. The van der Waals surface area contributed by atoms with Crippen molar-refractivity contribution in [1.82, 2.24) is 0 Å². The smallest absolute Gasteiger partial charge is 0.330 e.